The Morgan fingerprint density at radius 1 is 1.27 bits per heavy atom. The van der Waals surface area contributed by atoms with E-state index in [1.807, 2.05) is 0 Å². The fraction of sp³-hybridized carbons (Fsp3) is 0.941. The average molecular weight is 329 g/mol. The second-order valence-corrected chi connectivity index (χ2v) is 13.2. The molecule has 1 spiro atoms. The molecule has 0 amide bonds. The van der Waals surface area contributed by atoms with Gasteiger partial charge in [-0.25, -0.2) is 0 Å². The lowest BCUT2D eigenvalue weighted by Crippen LogP contribution is -2.60. The van der Waals surface area contributed by atoms with Crippen molar-refractivity contribution >= 4 is 14.6 Å². The Bertz CT molecular complexity index is 409. The fourth-order valence-corrected chi connectivity index (χ4v) is 4.66. The lowest BCUT2D eigenvalue weighted by molar-refractivity contribution is -0.306. The molecule has 0 N–H and O–H groups in total. The smallest absolute Gasteiger partial charge is 0.192 e. The predicted molar refractivity (Wildman–Crippen MR) is 89.3 cm³/mol. The lowest BCUT2D eigenvalue weighted by atomic mass is 9.78. The summed E-state index contributed by atoms with van der Waals surface area (Å²) >= 11 is 0. The summed E-state index contributed by atoms with van der Waals surface area (Å²) in [4.78, 5) is 11.7. The molecule has 5 heteroatoms. The van der Waals surface area contributed by atoms with E-state index in [0.29, 0.717) is 0 Å². The summed E-state index contributed by atoms with van der Waals surface area (Å²) in [5, 5.41) is 0.113. The molecule has 128 valence electrons. The van der Waals surface area contributed by atoms with Crippen LogP contribution in [0, 0.1) is 11.8 Å². The zero-order valence-electron chi connectivity index (χ0n) is 15.1. The highest BCUT2D eigenvalue weighted by Crippen LogP contribution is 2.47. The van der Waals surface area contributed by atoms with Crippen molar-refractivity contribution in [3.8, 4) is 0 Å². The van der Waals surface area contributed by atoms with Crippen LogP contribution >= 0.6 is 0 Å². The van der Waals surface area contributed by atoms with Crippen LogP contribution in [0.4, 0.5) is 0 Å². The van der Waals surface area contributed by atoms with Crippen LogP contribution in [-0.2, 0) is 18.7 Å². The third-order valence-corrected chi connectivity index (χ3v) is 10.5. The first kappa shape index (κ1) is 18.1. The molecule has 2 fully saturated rings. The van der Waals surface area contributed by atoms with E-state index in [-0.39, 0.29) is 23.0 Å². The van der Waals surface area contributed by atoms with Gasteiger partial charge < -0.3 is 18.7 Å². The summed E-state index contributed by atoms with van der Waals surface area (Å²) in [5.74, 6) is -0.129. The Morgan fingerprint density at radius 3 is 2.36 bits per heavy atom. The van der Waals surface area contributed by atoms with Crippen molar-refractivity contribution in [2.24, 2.45) is 11.8 Å². The number of ether oxygens (including phenoxy) is 2. The Hall–Kier alpha value is -0.233. The molecular formula is C17H32O4Si. The number of hydrogen-bond donors (Lipinski definition) is 0. The Labute approximate surface area is 136 Å². The highest BCUT2D eigenvalue weighted by Gasteiger charge is 2.55. The molecule has 0 radical (unpaired) electrons. The minimum absolute atomic E-state index is 0.113. The minimum Gasteiger partial charge on any atom is -0.411 e. The first-order valence-corrected chi connectivity index (χ1v) is 11.4. The van der Waals surface area contributed by atoms with Crippen molar-refractivity contribution in [1.82, 2.24) is 0 Å². The molecule has 0 unspecified atom stereocenters. The predicted octanol–water partition coefficient (Wildman–Crippen LogP) is 3.75. The van der Waals surface area contributed by atoms with Crippen molar-refractivity contribution in [3.63, 3.8) is 0 Å². The van der Waals surface area contributed by atoms with E-state index in [2.05, 4.69) is 47.7 Å². The van der Waals surface area contributed by atoms with Crippen LogP contribution in [0.5, 0.6) is 0 Å². The van der Waals surface area contributed by atoms with Gasteiger partial charge in [0.15, 0.2) is 20.4 Å². The number of hydrogen-bond acceptors (Lipinski definition) is 4. The maximum atomic E-state index is 11.7. The molecule has 0 aliphatic carbocycles. The monoisotopic (exact) mass is 328 g/mol. The van der Waals surface area contributed by atoms with Crippen molar-refractivity contribution in [3.05, 3.63) is 0 Å². The van der Waals surface area contributed by atoms with Crippen LogP contribution in [0.15, 0.2) is 0 Å². The van der Waals surface area contributed by atoms with E-state index >= 15 is 0 Å². The molecule has 0 aromatic heterocycles. The summed E-state index contributed by atoms with van der Waals surface area (Å²) in [7, 11) is -1.95. The second kappa shape index (κ2) is 6.00. The van der Waals surface area contributed by atoms with E-state index in [1.54, 1.807) is 0 Å². The molecule has 2 rings (SSSR count). The molecule has 0 bridgehead atoms. The van der Waals surface area contributed by atoms with Crippen molar-refractivity contribution in [2.75, 3.05) is 6.61 Å². The molecule has 2 saturated heterocycles. The molecule has 5 atom stereocenters. The zero-order chi connectivity index (χ0) is 16.8. The van der Waals surface area contributed by atoms with Gasteiger partial charge in [-0.1, -0.05) is 34.6 Å². The Morgan fingerprint density at radius 2 is 1.91 bits per heavy atom. The van der Waals surface area contributed by atoms with Crippen molar-refractivity contribution in [2.45, 2.75) is 83.6 Å². The minimum atomic E-state index is -1.95. The van der Waals surface area contributed by atoms with Crippen LogP contribution in [0.2, 0.25) is 18.1 Å². The summed E-state index contributed by atoms with van der Waals surface area (Å²) < 4.78 is 18.6. The van der Waals surface area contributed by atoms with Gasteiger partial charge in [-0.3, -0.25) is 0 Å². The fourth-order valence-electron chi connectivity index (χ4n) is 3.27. The van der Waals surface area contributed by atoms with Crippen molar-refractivity contribution < 1.29 is 18.7 Å². The lowest BCUT2D eigenvalue weighted by Gasteiger charge is -2.51. The van der Waals surface area contributed by atoms with Gasteiger partial charge in [0, 0.05) is 12.3 Å². The summed E-state index contributed by atoms with van der Waals surface area (Å²) in [6, 6.07) is 0. The molecule has 0 aromatic carbocycles. The van der Waals surface area contributed by atoms with E-state index in [9.17, 15) is 4.79 Å². The van der Waals surface area contributed by atoms with Gasteiger partial charge in [0.2, 0.25) is 0 Å². The molecule has 22 heavy (non-hydrogen) atoms. The number of rotatable bonds is 3. The summed E-state index contributed by atoms with van der Waals surface area (Å²) in [5.41, 5.74) is 0. The Kier molecular flexibility index (Phi) is 4.94. The molecule has 0 saturated carbocycles. The molecule has 0 aromatic rings. The first-order valence-electron chi connectivity index (χ1n) is 8.49. The van der Waals surface area contributed by atoms with Gasteiger partial charge in [0.1, 0.15) is 6.10 Å². The molecular weight excluding hydrogens is 296 g/mol. The van der Waals surface area contributed by atoms with Crippen LogP contribution in [0.3, 0.4) is 0 Å². The topological polar surface area (TPSA) is 44.8 Å². The number of carbonyl (C=O) groups excluding carboxylic acids is 1. The van der Waals surface area contributed by atoms with E-state index in [1.165, 1.54) is 0 Å². The van der Waals surface area contributed by atoms with Gasteiger partial charge in [-0.2, -0.15) is 0 Å². The number of aldehydes is 1. The van der Waals surface area contributed by atoms with E-state index in [4.69, 9.17) is 13.9 Å². The summed E-state index contributed by atoms with van der Waals surface area (Å²) in [6.45, 7) is 16.2. The van der Waals surface area contributed by atoms with Crippen molar-refractivity contribution in [1.29, 1.82) is 0 Å². The van der Waals surface area contributed by atoms with Gasteiger partial charge in [-0.15, -0.1) is 0 Å². The Balaban J connectivity index is 2.23. The van der Waals surface area contributed by atoms with Crippen LogP contribution in [0.25, 0.3) is 0 Å². The molecule has 2 aliphatic rings. The largest absolute Gasteiger partial charge is 0.411 e. The van der Waals surface area contributed by atoms with E-state index < -0.39 is 20.2 Å². The maximum absolute atomic E-state index is 11.7. The number of carbonyl (C=O) groups is 1. The zero-order valence-corrected chi connectivity index (χ0v) is 16.1. The normalized spacial score (nSPS) is 40.1. The highest BCUT2D eigenvalue weighted by atomic mass is 28.4. The molecule has 2 aliphatic heterocycles. The quantitative estimate of drug-likeness (QED) is 0.584. The van der Waals surface area contributed by atoms with Gasteiger partial charge in [-0.05, 0) is 30.5 Å². The van der Waals surface area contributed by atoms with Gasteiger partial charge in [0.25, 0.3) is 0 Å². The van der Waals surface area contributed by atoms with Crippen LogP contribution in [-0.4, -0.2) is 39.2 Å². The SMILES string of the molecule is C[C@@H]1[C@@H](O[Si](C)(C)C(C)(C)C)[C@H](C=O)O[C@]2(CCCO2)[C@H]1C. The summed E-state index contributed by atoms with van der Waals surface area (Å²) in [6.07, 6.45) is 2.07. The first-order chi connectivity index (χ1) is 10.0. The van der Waals surface area contributed by atoms with Gasteiger partial charge >= 0.3 is 0 Å². The third kappa shape index (κ3) is 3.05. The van der Waals surface area contributed by atoms with Crippen LogP contribution in [0.1, 0.15) is 47.5 Å². The molecule has 4 nitrogen and oxygen atoms in total. The maximum Gasteiger partial charge on any atom is 0.192 e. The van der Waals surface area contributed by atoms with Crippen LogP contribution < -0.4 is 0 Å². The molecule has 2 heterocycles. The van der Waals surface area contributed by atoms with E-state index in [0.717, 1.165) is 25.7 Å². The third-order valence-electron chi connectivity index (χ3n) is 6.05. The highest BCUT2D eigenvalue weighted by molar-refractivity contribution is 6.74. The standard InChI is InChI=1S/C17H32O4Si/c1-12-13(2)17(9-8-10-19-17)20-14(11-18)15(12)21-22(6,7)16(3,4)5/h11-15H,8-10H2,1-7H3/t12-,13-,14-,15+,17+/m0/s1. The second-order valence-electron chi connectivity index (χ2n) is 8.47. The average Bonchev–Trinajstić information content (AvgIpc) is 2.88. The van der Waals surface area contributed by atoms with Gasteiger partial charge in [0.05, 0.1) is 12.7 Å².